The molecular formula is C13H15FN2OS. The first-order chi connectivity index (χ1) is 8.60. The van der Waals surface area contributed by atoms with Gasteiger partial charge >= 0.3 is 0 Å². The van der Waals surface area contributed by atoms with Gasteiger partial charge in [0.2, 0.25) is 0 Å². The molecule has 0 fully saturated rings. The van der Waals surface area contributed by atoms with E-state index in [1.54, 1.807) is 17.4 Å². The average Bonchev–Trinajstić information content (AvgIpc) is 2.67. The fraction of sp³-hybridized carbons (Fsp3) is 0.308. The van der Waals surface area contributed by atoms with Gasteiger partial charge in [-0.05, 0) is 32.0 Å². The Labute approximate surface area is 109 Å². The van der Waals surface area contributed by atoms with Gasteiger partial charge in [-0.15, -0.1) is 11.3 Å². The van der Waals surface area contributed by atoms with Crippen LogP contribution in [0, 0.1) is 19.7 Å². The molecule has 2 aromatic rings. The molecular weight excluding hydrogens is 251 g/mol. The first kappa shape index (κ1) is 13.0. The van der Waals surface area contributed by atoms with Crippen molar-refractivity contribution in [2.75, 3.05) is 0 Å². The Morgan fingerprint density at radius 3 is 2.78 bits per heavy atom. The Morgan fingerprint density at radius 1 is 1.39 bits per heavy atom. The van der Waals surface area contributed by atoms with Crippen LogP contribution < -0.4 is 10.5 Å². The number of rotatable bonds is 4. The van der Waals surface area contributed by atoms with Gasteiger partial charge in [0, 0.05) is 17.0 Å². The number of benzene rings is 1. The van der Waals surface area contributed by atoms with Gasteiger partial charge < -0.3 is 10.5 Å². The standard InChI is InChI=1S/C13H15FN2OS/c1-8-9(2)18-13(16-8)7-17-12-4-3-11(14)5-10(12)6-15/h3-5H,6-7,15H2,1-2H3. The lowest BCUT2D eigenvalue weighted by Gasteiger charge is -2.08. The molecule has 2 N–H and O–H groups in total. The molecule has 1 heterocycles. The molecule has 1 aromatic carbocycles. The highest BCUT2D eigenvalue weighted by Crippen LogP contribution is 2.22. The highest BCUT2D eigenvalue weighted by atomic mass is 32.1. The smallest absolute Gasteiger partial charge is 0.140 e. The molecule has 0 spiro atoms. The maximum Gasteiger partial charge on any atom is 0.140 e. The summed E-state index contributed by atoms with van der Waals surface area (Å²) < 4.78 is 18.7. The molecule has 0 aliphatic carbocycles. The topological polar surface area (TPSA) is 48.1 Å². The molecule has 5 heteroatoms. The van der Waals surface area contributed by atoms with E-state index in [2.05, 4.69) is 4.98 Å². The number of nitrogens with two attached hydrogens (primary N) is 1. The third kappa shape index (κ3) is 2.86. The Kier molecular flexibility index (Phi) is 3.93. The van der Waals surface area contributed by atoms with Crippen molar-refractivity contribution in [2.45, 2.75) is 27.0 Å². The van der Waals surface area contributed by atoms with Crippen molar-refractivity contribution in [3.05, 3.63) is 45.2 Å². The van der Waals surface area contributed by atoms with Crippen LogP contribution in [0.15, 0.2) is 18.2 Å². The Balaban J connectivity index is 2.10. The zero-order valence-electron chi connectivity index (χ0n) is 10.4. The maximum absolute atomic E-state index is 13.0. The van der Waals surface area contributed by atoms with Gasteiger partial charge in [0.1, 0.15) is 23.2 Å². The summed E-state index contributed by atoms with van der Waals surface area (Å²) in [5.41, 5.74) is 7.25. The number of thiazole rings is 1. The van der Waals surface area contributed by atoms with Crippen molar-refractivity contribution >= 4 is 11.3 Å². The fourth-order valence-corrected chi connectivity index (χ4v) is 2.44. The molecule has 1 aromatic heterocycles. The monoisotopic (exact) mass is 266 g/mol. The number of ether oxygens (including phenoxy) is 1. The minimum absolute atomic E-state index is 0.253. The van der Waals surface area contributed by atoms with Crippen molar-refractivity contribution in [3.8, 4) is 5.75 Å². The van der Waals surface area contributed by atoms with Gasteiger partial charge in [-0.2, -0.15) is 0 Å². The molecule has 2 rings (SSSR count). The summed E-state index contributed by atoms with van der Waals surface area (Å²) in [7, 11) is 0. The van der Waals surface area contributed by atoms with E-state index >= 15 is 0 Å². The molecule has 96 valence electrons. The van der Waals surface area contributed by atoms with Crippen molar-refractivity contribution < 1.29 is 9.13 Å². The van der Waals surface area contributed by atoms with Gasteiger partial charge in [-0.3, -0.25) is 0 Å². The van der Waals surface area contributed by atoms with Crippen LogP contribution in [0.1, 0.15) is 21.1 Å². The van der Waals surface area contributed by atoms with Crippen molar-refractivity contribution in [2.24, 2.45) is 5.73 Å². The summed E-state index contributed by atoms with van der Waals surface area (Å²) in [6, 6.07) is 4.37. The van der Waals surface area contributed by atoms with E-state index in [4.69, 9.17) is 10.5 Å². The SMILES string of the molecule is Cc1nc(COc2ccc(F)cc2CN)sc1C. The molecule has 0 amide bonds. The predicted octanol–water partition coefficient (Wildman–Crippen LogP) is 2.94. The molecule has 0 bridgehead atoms. The van der Waals surface area contributed by atoms with Crippen LogP contribution in [-0.2, 0) is 13.2 Å². The first-order valence-corrected chi connectivity index (χ1v) is 6.46. The number of hydrogen-bond donors (Lipinski definition) is 1. The Morgan fingerprint density at radius 2 is 2.17 bits per heavy atom. The quantitative estimate of drug-likeness (QED) is 0.925. The summed E-state index contributed by atoms with van der Waals surface area (Å²) in [5, 5.41) is 0.914. The van der Waals surface area contributed by atoms with Crippen LogP contribution in [0.4, 0.5) is 4.39 Å². The van der Waals surface area contributed by atoms with Gasteiger partial charge in [0.25, 0.3) is 0 Å². The predicted molar refractivity (Wildman–Crippen MR) is 70.2 cm³/mol. The summed E-state index contributed by atoms with van der Waals surface area (Å²) in [5.74, 6) is 0.313. The summed E-state index contributed by atoms with van der Waals surface area (Å²) in [4.78, 5) is 5.57. The third-order valence-electron chi connectivity index (χ3n) is 2.67. The molecule has 3 nitrogen and oxygen atoms in total. The normalized spacial score (nSPS) is 10.7. The molecule has 18 heavy (non-hydrogen) atoms. The van der Waals surface area contributed by atoms with Crippen LogP contribution in [-0.4, -0.2) is 4.98 Å². The number of aryl methyl sites for hydroxylation is 2. The maximum atomic E-state index is 13.0. The van der Waals surface area contributed by atoms with Crippen LogP contribution in [0.25, 0.3) is 0 Å². The average molecular weight is 266 g/mol. The summed E-state index contributed by atoms with van der Waals surface area (Å²) in [6.45, 7) is 4.64. The second-order valence-corrected chi connectivity index (χ2v) is 5.28. The van der Waals surface area contributed by atoms with Crippen LogP contribution >= 0.6 is 11.3 Å². The summed E-state index contributed by atoms with van der Waals surface area (Å²) >= 11 is 1.61. The van der Waals surface area contributed by atoms with Gasteiger partial charge in [0.15, 0.2) is 0 Å². The number of halogens is 1. The molecule has 0 aliphatic rings. The van der Waals surface area contributed by atoms with E-state index in [1.165, 1.54) is 17.0 Å². The van der Waals surface area contributed by atoms with Crippen molar-refractivity contribution in [1.29, 1.82) is 0 Å². The first-order valence-electron chi connectivity index (χ1n) is 5.64. The molecule has 0 unspecified atom stereocenters. The van der Waals surface area contributed by atoms with Crippen molar-refractivity contribution in [3.63, 3.8) is 0 Å². The highest BCUT2D eigenvalue weighted by Gasteiger charge is 2.07. The Bertz CT molecular complexity index is 534. The van der Waals surface area contributed by atoms with Crippen molar-refractivity contribution in [1.82, 2.24) is 4.98 Å². The Hall–Kier alpha value is -1.46. The van der Waals surface area contributed by atoms with E-state index in [-0.39, 0.29) is 12.4 Å². The van der Waals surface area contributed by atoms with Gasteiger partial charge in [0.05, 0.1) is 5.69 Å². The second kappa shape index (κ2) is 5.46. The lowest BCUT2D eigenvalue weighted by atomic mass is 10.2. The largest absolute Gasteiger partial charge is 0.486 e. The molecule has 0 saturated heterocycles. The highest BCUT2D eigenvalue weighted by molar-refractivity contribution is 7.11. The number of aromatic nitrogens is 1. The van der Waals surface area contributed by atoms with Gasteiger partial charge in [-0.25, -0.2) is 9.37 Å². The van der Waals surface area contributed by atoms with E-state index < -0.39 is 0 Å². The van der Waals surface area contributed by atoms with E-state index in [1.807, 2.05) is 13.8 Å². The molecule has 0 radical (unpaired) electrons. The second-order valence-electron chi connectivity index (χ2n) is 3.99. The molecule has 0 saturated carbocycles. The number of hydrogen-bond acceptors (Lipinski definition) is 4. The van der Waals surface area contributed by atoms with E-state index in [0.717, 1.165) is 10.7 Å². The minimum Gasteiger partial charge on any atom is -0.486 e. The lowest BCUT2D eigenvalue weighted by molar-refractivity contribution is 0.301. The molecule has 0 aliphatic heterocycles. The van der Waals surface area contributed by atoms with Crippen LogP contribution in [0.5, 0.6) is 5.75 Å². The van der Waals surface area contributed by atoms with Crippen LogP contribution in [0.3, 0.4) is 0 Å². The van der Waals surface area contributed by atoms with Gasteiger partial charge in [-0.1, -0.05) is 0 Å². The zero-order valence-corrected chi connectivity index (χ0v) is 11.2. The number of nitrogens with zero attached hydrogens (tertiary/aromatic N) is 1. The lowest BCUT2D eigenvalue weighted by Crippen LogP contribution is -2.03. The third-order valence-corrected chi connectivity index (χ3v) is 3.71. The van der Waals surface area contributed by atoms with E-state index in [0.29, 0.717) is 17.9 Å². The van der Waals surface area contributed by atoms with Crippen LogP contribution in [0.2, 0.25) is 0 Å². The zero-order chi connectivity index (χ0) is 13.1. The minimum atomic E-state index is -0.302. The fourth-order valence-electron chi connectivity index (χ4n) is 1.59. The summed E-state index contributed by atoms with van der Waals surface area (Å²) in [6.07, 6.45) is 0. The van der Waals surface area contributed by atoms with E-state index in [9.17, 15) is 4.39 Å². The molecule has 0 atom stereocenters.